The van der Waals surface area contributed by atoms with Gasteiger partial charge in [0.2, 0.25) is 0 Å². The fraction of sp³-hybridized carbons (Fsp3) is 1.00. The Hall–Kier alpha value is -0.180. The molecule has 0 aromatic rings. The summed E-state index contributed by atoms with van der Waals surface area (Å²) in [5.74, 6) is -3.16. The molecule has 2 bridgehead atoms. The number of alkyl halides is 2. The number of fused-ring (bicyclic) bond motifs is 2. The first-order valence-electron chi connectivity index (χ1n) is 4.63. The lowest BCUT2D eigenvalue weighted by molar-refractivity contribution is -0.113. The van der Waals surface area contributed by atoms with Gasteiger partial charge in [0.1, 0.15) is 0 Å². The van der Waals surface area contributed by atoms with Gasteiger partial charge in [-0.2, -0.15) is 0 Å². The normalized spacial score (nSPS) is 44.8. The van der Waals surface area contributed by atoms with Crippen LogP contribution in [0.2, 0.25) is 0 Å². The summed E-state index contributed by atoms with van der Waals surface area (Å²) in [6.07, 6.45) is 2.38. The second kappa shape index (κ2) is 2.66. The first-order valence-corrected chi connectivity index (χ1v) is 4.63. The Morgan fingerprint density at radius 2 is 1.67 bits per heavy atom. The van der Waals surface area contributed by atoms with Crippen LogP contribution >= 0.6 is 0 Å². The van der Waals surface area contributed by atoms with Crippen molar-refractivity contribution in [1.82, 2.24) is 0 Å². The van der Waals surface area contributed by atoms with Crippen LogP contribution in [0.3, 0.4) is 0 Å². The second-order valence-corrected chi connectivity index (χ2v) is 4.17. The van der Waals surface area contributed by atoms with Crippen LogP contribution in [-0.4, -0.2) is 17.6 Å². The zero-order chi connectivity index (χ0) is 8.77. The van der Waals surface area contributed by atoms with Crippen LogP contribution in [0.4, 0.5) is 8.78 Å². The Kier molecular flexibility index (Phi) is 1.86. The highest BCUT2D eigenvalue weighted by Gasteiger charge is 2.55. The van der Waals surface area contributed by atoms with E-state index in [4.69, 9.17) is 5.11 Å². The van der Waals surface area contributed by atoms with Crippen molar-refractivity contribution in [1.29, 1.82) is 0 Å². The molecule has 0 heterocycles. The summed E-state index contributed by atoms with van der Waals surface area (Å²) in [6, 6.07) is 0. The fourth-order valence-electron chi connectivity index (χ4n) is 2.72. The molecule has 0 aromatic carbocycles. The van der Waals surface area contributed by atoms with Gasteiger partial charge in [0.05, 0.1) is 0 Å². The highest BCUT2D eigenvalue weighted by molar-refractivity contribution is 4.97. The van der Waals surface area contributed by atoms with Gasteiger partial charge in [-0.05, 0) is 31.6 Å². The zero-order valence-corrected chi connectivity index (χ0v) is 6.97. The number of halogens is 2. The molecular weight excluding hydrogens is 162 g/mol. The Balaban J connectivity index is 2.12. The van der Waals surface area contributed by atoms with Gasteiger partial charge in [-0.3, -0.25) is 0 Å². The highest BCUT2D eigenvalue weighted by Crippen LogP contribution is 2.54. The number of aliphatic hydroxyl groups excluding tert-OH is 1. The standard InChI is InChI=1S/C9H14F2O/c10-9(11)7-1-2-8(9)4-6(3-7)5-12/h6-8,12H,1-5H2. The van der Waals surface area contributed by atoms with E-state index in [0.29, 0.717) is 25.7 Å². The molecular formula is C9H14F2O. The van der Waals surface area contributed by atoms with E-state index < -0.39 is 17.8 Å². The molecule has 0 saturated heterocycles. The molecule has 2 unspecified atom stereocenters. The molecule has 2 fully saturated rings. The van der Waals surface area contributed by atoms with Gasteiger partial charge in [-0.15, -0.1) is 0 Å². The third-order valence-electron chi connectivity index (χ3n) is 3.45. The van der Waals surface area contributed by atoms with E-state index in [1.165, 1.54) is 0 Å². The highest BCUT2D eigenvalue weighted by atomic mass is 19.3. The van der Waals surface area contributed by atoms with Crippen molar-refractivity contribution in [2.24, 2.45) is 17.8 Å². The maximum Gasteiger partial charge on any atom is 0.253 e. The smallest absolute Gasteiger partial charge is 0.253 e. The summed E-state index contributed by atoms with van der Waals surface area (Å²) in [6.45, 7) is 0.0864. The molecule has 70 valence electrons. The number of hydrogen-bond donors (Lipinski definition) is 1. The minimum Gasteiger partial charge on any atom is -0.396 e. The van der Waals surface area contributed by atoms with Crippen molar-refractivity contribution in [3.05, 3.63) is 0 Å². The van der Waals surface area contributed by atoms with E-state index in [9.17, 15) is 8.78 Å². The number of hydrogen-bond acceptors (Lipinski definition) is 1. The maximum atomic E-state index is 13.3. The average molecular weight is 176 g/mol. The van der Waals surface area contributed by atoms with Gasteiger partial charge in [-0.25, -0.2) is 8.78 Å². The minimum absolute atomic E-state index is 0.0864. The molecule has 2 aliphatic carbocycles. The third kappa shape index (κ3) is 1.06. The van der Waals surface area contributed by atoms with Crippen molar-refractivity contribution in [3.63, 3.8) is 0 Å². The quantitative estimate of drug-likeness (QED) is 0.648. The molecule has 2 saturated carbocycles. The first kappa shape index (κ1) is 8.42. The predicted molar refractivity (Wildman–Crippen MR) is 41.0 cm³/mol. The van der Waals surface area contributed by atoms with Gasteiger partial charge in [0.15, 0.2) is 0 Å². The zero-order valence-electron chi connectivity index (χ0n) is 6.97. The van der Waals surface area contributed by atoms with E-state index in [-0.39, 0.29) is 12.5 Å². The van der Waals surface area contributed by atoms with E-state index >= 15 is 0 Å². The van der Waals surface area contributed by atoms with Crippen molar-refractivity contribution >= 4 is 0 Å². The van der Waals surface area contributed by atoms with E-state index in [1.54, 1.807) is 0 Å². The predicted octanol–water partition coefficient (Wildman–Crippen LogP) is 2.05. The maximum absolute atomic E-state index is 13.3. The Bertz CT molecular complexity index is 165. The van der Waals surface area contributed by atoms with Crippen molar-refractivity contribution < 1.29 is 13.9 Å². The summed E-state index contributed by atoms with van der Waals surface area (Å²) in [5, 5.41) is 8.88. The largest absolute Gasteiger partial charge is 0.396 e. The van der Waals surface area contributed by atoms with Crippen LogP contribution in [-0.2, 0) is 0 Å². The van der Waals surface area contributed by atoms with Crippen LogP contribution in [0.25, 0.3) is 0 Å². The van der Waals surface area contributed by atoms with Crippen LogP contribution in [0.1, 0.15) is 25.7 Å². The lowest BCUT2D eigenvalue weighted by atomic mass is 9.78. The lowest BCUT2D eigenvalue weighted by Crippen LogP contribution is -2.37. The number of rotatable bonds is 1. The molecule has 3 heteroatoms. The van der Waals surface area contributed by atoms with Crippen LogP contribution in [0, 0.1) is 17.8 Å². The van der Waals surface area contributed by atoms with Crippen molar-refractivity contribution in [3.8, 4) is 0 Å². The Morgan fingerprint density at radius 3 is 2.08 bits per heavy atom. The van der Waals surface area contributed by atoms with Gasteiger partial charge < -0.3 is 5.11 Å². The monoisotopic (exact) mass is 176 g/mol. The molecule has 2 aliphatic rings. The van der Waals surface area contributed by atoms with E-state index in [0.717, 1.165) is 0 Å². The lowest BCUT2D eigenvalue weighted by Gasteiger charge is -2.34. The van der Waals surface area contributed by atoms with Gasteiger partial charge in [0, 0.05) is 18.4 Å². The summed E-state index contributed by atoms with van der Waals surface area (Å²) in [5.41, 5.74) is 0. The molecule has 0 amide bonds. The van der Waals surface area contributed by atoms with Crippen LogP contribution in [0.5, 0.6) is 0 Å². The van der Waals surface area contributed by atoms with Crippen molar-refractivity contribution in [2.45, 2.75) is 31.6 Å². The Morgan fingerprint density at radius 1 is 1.17 bits per heavy atom. The Labute approximate surface area is 70.8 Å². The van der Waals surface area contributed by atoms with Gasteiger partial charge in [-0.1, -0.05) is 0 Å². The summed E-state index contributed by atoms with van der Waals surface area (Å²) in [4.78, 5) is 0. The molecule has 1 nitrogen and oxygen atoms in total. The topological polar surface area (TPSA) is 20.2 Å². The molecule has 0 aromatic heterocycles. The van der Waals surface area contributed by atoms with Gasteiger partial charge >= 0.3 is 0 Å². The summed E-state index contributed by atoms with van der Waals surface area (Å²) < 4.78 is 26.6. The van der Waals surface area contributed by atoms with Crippen molar-refractivity contribution in [2.75, 3.05) is 6.61 Å². The summed E-state index contributed by atoms with van der Waals surface area (Å²) >= 11 is 0. The number of aliphatic hydroxyl groups is 1. The molecule has 0 radical (unpaired) electrons. The average Bonchev–Trinajstić information content (AvgIpc) is 2.29. The fourth-order valence-corrected chi connectivity index (χ4v) is 2.72. The SMILES string of the molecule is OCC1CC2CCC(C1)C2(F)F. The molecule has 1 N–H and O–H groups in total. The molecule has 2 rings (SSSR count). The van der Waals surface area contributed by atoms with Gasteiger partial charge in [0.25, 0.3) is 5.92 Å². The molecule has 0 spiro atoms. The summed E-state index contributed by atoms with van der Waals surface area (Å²) in [7, 11) is 0. The van der Waals surface area contributed by atoms with Crippen LogP contribution < -0.4 is 0 Å². The minimum atomic E-state index is -2.42. The molecule has 2 atom stereocenters. The molecule has 0 aliphatic heterocycles. The first-order chi connectivity index (χ1) is 5.64. The molecule has 12 heavy (non-hydrogen) atoms. The second-order valence-electron chi connectivity index (χ2n) is 4.17. The van der Waals surface area contributed by atoms with E-state index in [1.807, 2.05) is 0 Å². The van der Waals surface area contributed by atoms with Crippen LogP contribution in [0.15, 0.2) is 0 Å². The third-order valence-corrected chi connectivity index (χ3v) is 3.45. The van der Waals surface area contributed by atoms with E-state index in [2.05, 4.69) is 0 Å².